The fraction of sp³-hybridized carbons (Fsp3) is 0.250. The van der Waals surface area contributed by atoms with Gasteiger partial charge in [-0.15, -0.1) is 0 Å². The molecule has 9 heteroatoms. The van der Waals surface area contributed by atoms with Gasteiger partial charge in [-0.1, -0.05) is 11.6 Å². The van der Waals surface area contributed by atoms with E-state index in [-0.39, 0.29) is 22.5 Å². The zero-order valence-electron chi connectivity index (χ0n) is 13.0. The van der Waals surface area contributed by atoms with Crippen LogP contribution in [0.15, 0.2) is 36.5 Å². The van der Waals surface area contributed by atoms with E-state index in [1.165, 1.54) is 24.4 Å². The second-order valence-corrected chi connectivity index (χ2v) is 6.92. The lowest BCUT2D eigenvalue weighted by atomic mass is 10.2. The molecule has 130 valence electrons. The van der Waals surface area contributed by atoms with Gasteiger partial charge in [0.25, 0.3) is 11.6 Å². The summed E-state index contributed by atoms with van der Waals surface area (Å²) in [5, 5.41) is 13.5. The molecule has 0 aliphatic carbocycles. The van der Waals surface area contributed by atoms with Gasteiger partial charge in [-0.25, -0.2) is 4.98 Å². The van der Waals surface area contributed by atoms with Crippen LogP contribution in [0.1, 0.15) is 16.8 Å². The number of anilines is 1. The molecule has 1 fully saturated rings. The largest absolute Gasteiger partial charge is 0.473 e. The average molecular weight is 380 g/mol. The Labute approximate surface area is 152 Å². The lowest BCUT2D eigenvalue weighted by Crippen LogP contribution is -2.16. The number of aromatic nitrogens is 1. The number of carbonyl (C=O) groups is 1. The maximum atomic E-state index is 12.2. The lowest BCUT2D eigenvalue weighted by molar-refractivity contribution is -0.384. The number of rotatable bonds is 5. The molecule has 1 aromatic carbocycles. The van der Waals surface area contributed by atoms with E-state index in [0.29, 0.717) is 11.4 Å². The van der Waals surface area contributed by atoms with Gasteiger partial charge in [-0.2, -0.15) is 11.8 Å². The van der Waals surface area contributed by atoms with E-state index >= 15 is 0 Å². The van der Waals surface area contributed by atoms with Crippen LogP contribution in [0.25, 0.3) is 0 Å². The lowest BCUT2D eigenvalue weighted by Gasteiger charge is -2.11. The summed E-state index contributed by atoms with van der Waals surface area (Å²) in [5.74, 6) is 2.08. The zero-order valence-corrected chi connectivity index (χ0v) is 14.5. The van der Waals surface area contributed by atoms with Crippen molar-refractivity contribution in [2.75, 3.05) is 16.8 Å². The molecule has 1 N–H and O–H groups in total. The first-order chi connectivity index (χ1) is 12.0. The van der Waals surface area contributed by atoms with Crippen molar-refractivity contribution in [2.24, 2.45) is 0 Å². The van der Waals surface area contributed by atoms with Crippen molar-refractivity contribution in [1.82, 2.24) is 4.98 Å². The summed E-state index contributed by atoms with van der Waals surface area (Å²) in [5.41, 5.74) is 0.339. The van der Waals surface area contributed by atoms with Crippen molar-refractivity contribution in [3.63, 3.8) is 0 Å². The molecule has 1 atom stereocenters. The first kappa shape index (κ1) is 17.5. The van der Waals surface area contributed by atoms with E-state index in [9.17, 15) is 14.9 Å². The number of halogens is 1. The third-order valence-electron chi connectivity index (χ3n) is 3.57. The summed E-state index contributed by atoms with van der Waals surface area (Å²) >= 11 is 7.59. The highest BCUT2D eigenvalue weighted by Gasteiger charge is 2.18. The third-order valence-corrected chi connectivity index (χ3v) is 5.03. The van der Waals surface area contributed by atoms with Gasteiger partial charge < -0.3 is 10.1 Å². The number of carbonyl (C=O) groups excluding carboxylic acids is 1. The Morgan fingerprint density at radius 1 is 1.40 bits per heavy atom. The number of pyridine rings is 1. The minimum atomic E-state index is -0.604. The Morgan fingerprint density at radius 2 is 2.24 bits per heavy atom. The maximum absolute atomic E-state index is 12.2. The standard InChI is InChI=1S/C16H14ClN3O4S/c17-13-3-2-11(7-14(13)20(22)23)19-16(21)10-1-4-15(18-8-10)24-12-5-6-25-9-12/h1-4,7-8,12H,5-6,9H2,(H,19,21). The fourth-order valence-electron chi connectivity index (χ4n) is 2.29. The number of nitro benzene ring substituents is 1. The molecular formula is C16H14ClN3O4S. The van der Waals surface area contributed by atoms with E-state index in [0.717, 1.165) is 17.9 Å². The van der Waals surface area contributed by atoms with E-state index in [1.54, 1.807) is 12.1 Å². The fourth-order valence-corrected chi connectivity index (χ4v) is 3.57. The van der Waals surface area contributed by atoms with Crippen LogP contribution < -0.4 is 10.1 Å². The van der Waals surface area contributed by atoms with Gasteiger partial charge in [0.05, 0.1) is 10.5 Å². The maximum Gasteiger partial charge on any atom is 0.289 e. The van der Waals surface area contributed by atoms with Gasteiger partial charge in [-0.3, -0.25) is 14.9 Å². The Hall–Kier alpha value is -2.32. The molecule has 0 bridgehead atoms. The molecule has 3 rings (SSSR count). The van der Waals surface area contributed by atoms with Crippen LogP contribution >= 0.6 is 23.4 Å². The summed E-state index contributed by atoms with van der Waals surface area (Å²) in [6.45, 7) is 0. The first-order valence-corrected chi connectivity index (χ1v) is 9.02. The molecule has 0 radical (unpaired) electrons. The minimum absolute atomic E-state index is 0.0104. The van der Waals surface area contributed by atoms with Gasteiger partial charge in [-0.05, 0) is 30.4 Å². The molecule has 1 amide bonds. The molecule has 1 aromatic heterocycles. The number of hydrogen-bond donors (Lipinski definition) is 1. The predicted octanol–water partition coefficient (Wildman–Crippen LogP) is 3.78. The Morgan fingerprint density at radius 3 is 2.88 bits per heavy atom. The highest BCUT2D eigenvalue weighted by Crippen LogP contribution is 2.27. The minimum Gasteiger partial charge on any atom is -0.473 e. The number of hydrogen-bond acceptors (Lipinski definition) is 6. The third kappa shape index (κ3) is 4.40. The number of nitrogens with zero attached hydrogens (tertiary/aromatic N) is 2. The van der Waals surface area contributed by atoms with Crippen molar-refractivity contribution in [2.45, 2.75) is 12.5 Å². The first-order valence-electron chi connectivity index (χ1n) is 7.48. The molecule has 1 unspecified atom stereocenters. The highest BCUT2D eigenvalue weighted by molar-refractivity contribution is 7.99. The summed E-state index contributed by atoms with van der Waals surface area (Å²) in [6, 6.07) is 7.31. The van der Waals surface area contributed by atoms with Crippen LogP contribution in [-0.4, -0.2) is 33.4 Å². The van der Waals surface area contributed by atoms with E-state index in [2.05, 4.69) is 10.3 Å². The Bertz CT molecular complexity index is 794. The summed E-state index contributed by atoms with van der Waals surface area (Å²) < 4.78 is 5.73. The Balaban J connectivity index is 1.66. The SMILES string of the molecule is O=C(Nc1ccc(Cl)c([N+](=O)[O-])c1)c1ccc(OC2CCSC2)nc1. The topological polar surface area (TPSA) is 94.4 Å². The zero-order chi connectivity index (χ0) is 17.8. The number of thioether (sulfide) groups is 1. The van der Waals surface area contributed by atoms with E-state index in [1.807, 2.05) is 11.8 Å². The quantitative estimate of drug-likeness (QED) is 0.627. The second kappa shape index (κ2) is 7.71. The summed E-state index contributed by atoms with van der Waals surface area (Å²) in [7, 11) is 0. The van der Waals surface area contributed by atoms with Gasteiger partial charge in [0, 0.05) is 29.8 Å². The van der Waals surface area contributed by atoms with Crippen LogP contribution in [0.5, 0.6) is 5.88 Å². The molecule has 1 saturated heterocycles. The molecule has 2 aromatic rings. The average Bonchev–Trinajstić information content (AvgIpc) is 3.10. The molecule has 7 nitrogen and oxygen atoms in total. The van der Waals surface area contributed by atoms with Crippen LogP contribution in [0.4, 0.5) is 11.4 Å². The highest BCUT2D eigenvalue weighted by atomic mass is 35.5. The van der Waals surface area contributed by atoms with Crippen LogP contribution in [0.3, 0.4) is 0 Å². The number of ether oxygens (including phenoxy) is 1. The van der Waals surface area contributed by atoms with Gasteiger partial charge in [0.2, 0.25) is 5.88 Å². The monoisotopic (exact) mass is 379 g/mol. The molecule has 1 aliphatic heterocycles. The molecule has 25 heavy (non-hydrogen) atoms. The number of nitrogens with one attached hydrogen (secondary N) is 1. The summed E-state index contributed by atoms with van der Waals surface area (Å²) in [6.07, 6.45) is 2.56. The predicted molar refractivity (Wildman–Crippen MR) is 96.7 cm³/mol. The molecule has 1 aliphatic rings. The number of benzene rings is 1. The van der Waals surface area contributed by atoms with E-state index < -0.39 is 10.8 Å². The number of nitro groups is 1. The molecule has 0 saturated carbocycles. The normalized spacial score (nSPS) is 16.4. The smallest absolute Gasteiger partial charge is 0.289 e. The van der Waals surface area contributed by atoms with Crippen LogP contribution in [0.2, 0.25) is 5.02 Å². The second-order valence-electron chi connectivity index (χ2n) is 5.37. The number of amides is 1. The molecule has 2 heterocycles. The van der Waals surface area contributed by atoms with Crippen molar-refractivity contribution >= 4 is 40.6 Å². The van der Waals surface area contributed by atoms with Crippen molar-refractivity contribution in [3.05, 3.63) is 57.2 Å². The van der Waals surface area contributed by atoms with Crippen molar-refractivity contribution in [1.29, 1.82) is 0 Å². The molecule has 0 spiro atoms. The van der Waals surface area contributed by atoms with Crippen LogP contribution in [-0.2, 0) is 0 Å². The van der Waals surface area contributed by atoms with Crippen LogP contribution in [0, 0.1) is 10.1 Å². The van der Waals surface area contributed by atoms with Crippen molar-refractivity contribution in [3.8, 4) is 5.88 Å². The van der Waals surface area contributed by atoms with Gasteiger partial charge >= 0.3 is 0 Å². The van der Waals surface area contributed by atoms with Crippen molar-refractivity contribution < 1.29 is 14.5 Å². The van der Waals surface area contributed by atoms with Gasteiger partial charge in [0.15, 0.2) is 0 Å². The Kier molecular flexibility index (Phi) is 5.40. The van der Waals surface area contributed by atoms with E-state index in [4.69, 9.17) is 16.3 Å². The summed E-state index contributed by atoms with van der Waals surface area (Å²) in [4.78, 5) is 26.7. The van der Waals surface area contributed by atoms with Gasteiger partial charge in [0.1, 0.15) is 11.1 Å². The molecular weight excluding hydrogens is 366 g/mol.